The number of ether oxygens (including phenoxy) is 1. The lowest BCUT2D eigenvalue weighted by Crippen LogP contribution is -2.41. The number of anilines is 3. The Morgan fingerprint density at radius 1 is 0.454 bits per heavy atom. The predicted molar refractivity (Wildman–Crippen MR) is 463 cm³/mol. The van der Waals surface area contributed by atoms with E-state index in [2.05, 4.69) is 94.3 Å². The summed E-state index contributed by atoms with van der Waals surface area (Å²) < 4.78 is 49.1. The summed E-state index contributed by atoms with van der Waals surface area (Å²) in [6.07, 6.45) is 10.9. The van der Waals surface area contributed by atoms with Gasteiger partial charge >= 0.3 is 13.1 Å². The number of hydrogen-bond donors (Lipinski definition) is 4. The van der Waals surface area contributed by atoms with Gasteiger partial charge in [-0.15, -0.1) is 40.8 Å². The van der Waals surface area contributed by atoms with Crippen LogP contribution in [0.4, 0.5) is 26.2 Å². The number of nitrogens with zero attached hydrogens (tertiary/aromatic N) is 17. The molecule has 5 saturated heterocycles. The third kappa shape index (κ3) is 22.2. The number of aromatic nitrogens is 14. The number of benzene rings is 6. The molecule has 7 aromatic heterocycles. The average Bonchev–Trinajstić information content (AvgIpc) is 1.74. The van der Waals surface area contributed by atoms with Gasteiger partial charge in [0.2, 0.25) is 0 Å². The molecule has 6 aromatic carbocycles. The molecule has 0 bridgehead atoms. The summed E-state index contributed by atoms with van der Waals surface area (Å²) >= 11 is 22.8. The van der Waals surface area contributed by atoms with Gasteiger partial charge in [0, 0.05) is 140 Å². The van der Waals surface area contributed by atoms with Crippen LogP contribution in [0, 0.1) is 25.5 Å². The minimum absolute atomic E-state index is 0.0266. The third-order valence-electron chi connectivity index (χ3n) is 21.4. The Labute approximate surface area is 708 Å². The number of aliphatic hydroxyl groups is 3. The summed E-state index contributed by atoms with van der Waals surface area (Å²) in [6, 6.07) is 45.7. The van der Waals surface area contributed by atoms with E-state index in [0.717, 1.165) is 173 Å². The normalized spacial score (nSPS) is 16.2. The molecule has 5 aliphatic heterocycles. The van der Waals surface area contributed by atoms with Crippen molar-refractivity contribution >= 4 is 131 Å². The fraction of sp³-hybridized carbons (Fsp3) is 0.360. The highest BCUT2D eigenvalue weighted by atomic mass is 35.5. The van der Waals surface area contributed by atoms with E-state index in [1.807, 2.05) is 151 Å². The number of piperidine rings is 4. The number of nitrogens with one attached hydrogen (secondary N) is 1. The van der Waals surface area contributed by atoms with Gasteiger partial charge in [-0.1, -0.05) is 132 Å². The number of carbonyl (C=O) groups is 2. The number of carbonyl (C=O) groups excluding carboxylic acids is 2. The molecule has 18 rings (SSSR count). The van der Waals surface area contributed by atoms with Crippen molar-refractivity contribution in [2.75, 3.05) is 67.1 Å². The molecule has 0 spiro atoms. The van der Waals surface area contributed by atoms with Crippen molar-refractivity contribution in [3.8, 4) is 22.8 Å². The van der Waals surface area contributed by atoms with Crippen molar-refractivity contribution in [1.82, 2.24) is 75.4 Å². The molecule has 5 aliphatic rings. The molecule has 119 heavy (non-hydrogen) atoms. The molecule has 4 N–H and O–H groups in total. The van der Waals surface area contributed by atoms with Crippen LogP contribution in [0.2, 0.25) is 15.5 Å². The lowest BCUT2D eigenvalue weighted by molar-refractivity contribution is 0.00578. The maximum atomic E-state index is 13.6. The van der Waals surface area contributed by atoms with Crippen molar-refractivity contribution in [3.63, 3.8) is 0 Å². The number of fused-ring (bicyclic) bond motifs is 4. The maximum absolute atomic E-state index is 13.6. The number of aryl methyl sites for hydroxylation is 5. The van der Waals surface area contributed by atoms with Crippen LogP contribution in [0.15, 0.2) is 170 Å². The van der Waals surface area contributed by atoms with E-state index in [9.17, 15) is 28.6 Å². The van der Waals surface area contributed by atoms with E-state index in [4.69, 9.17) is 65.6 Å². The lowest BCUT2D eigenvalue weighted by Gasteiger charge is -2.32. The Kier molecular flexibility index (Phi) is 29.7. The van der Waals surface area contributed by atoms with Crippen molar-refractivity contribution in [2.24, 2.45) is 21.1 Å². The Morgan fingerprint density at radius 3 is 1.18 bits per heavy atom. The van der Waals surface area contributed by atoms with E-state index in [-0.39, 0.29) is 53.9 Å². The lowest BCUT2D eigenvalue weighted by atomic mass is 9.85. The van der Waals surface area contributed by atoms with Gasteiger partial charge in [0.05, 0.1) is 52.1 Å². The van der Waals surface area contributed by atoms with E-state index >= 15 is 0 Å². The van der Waals surface area contributed by atoms with Crippen LogP contribution in [-0.4, -0.2) is 192 Å². The van der Waals surface area contributed by atoms with Gasteiger partial charge in [0.1, 0.15) is 29.1 Å². The Hall–Kier alpha value is -10.3. The first-order chi connectivity index (χ1) is 57.1. The molecule has 33 heteroatoms. The summed E-state index contributed by atoms with van der Waals surface area (Å²) in [7, 11) is 5.37. The summed E-state index contributed by atoms with van der Waals surface area (Å²) in [5.41, 5.74) is 5.70. The molecule has 0 saturated carbocycles. The van der Waals surface area contributed by atoms with E-state index in [0.29, 0.717) is 52.5 Å². The fourth-order valence-electron chi connectivity index (χ4n) is 14.2. The smallest absolute Gasteiger partial charge is 0.459 e. The quantitative estimate of drug-likeness (QED) is 0.0593. The minimum Gasteiger partial charge on any atom is -0.459 e. The first kappa shape index (κ1) is 88.0. The molecule has 0 unspecified atom stereocenters. The zero-order valence-electron chi connectivity index (χ0n) is 67.6. The first-order valence-corrected chi connectivity index (χ1v) is 40.8. The largest absolute Gasteiger partial charge is 0.514 e. The van der Waals surface area contributed by atoms with Gasteiger partial charge in [-0.25, -0.2) is 13.6 Å². The van der Waals surface area contributed by atoms with Crippen LogP contribution < -0.4 is 25.6 Å². The first-order valence-electron chi connectivity index (χ1n) is 39.3. The molecular formula is C86H95BCl4F2N18O8. The summed E-state index contributed by atoms with van der Waals surface area (Å²) in [5.74, 6) is 1.23. The van der Waals surface area contributed by atoms with E-state index < -0.39 is 22.8 Å². The molecule has 26 nitrogen and oxygen atoms in total. The molecular weight excluding hydrogens is 1600 g/mol. The second-order valence-corrected chi connectivity index (χ2v) is 31.9. The van der Waals surface area contributed by atoms with Crippen molar-refractivity contribution in [1.29, 1.82) is 0 Å². The molecule has 0 amide bonds. The Bertz CT molecular complexity index is 5550. The van der Waals surface area contributed by atoms with Crippen LogP contribution in [0.5, 0.6) is 0 Å². The van der Waals surface area contributed by atoms with Crippen LogP contribution in [-0.2, 0) is 35.2 Å². The number of rotatable bonds is 9. The molecule has 5 fully saturated rings. The summed E-state index contributed by atoms with van der Waals surface area (Å²) in [6.45, 7) is 18.2. The SMILES string of the molecule is Cc1cc(F)cc(C(=O)Cl)c1.Cc1cc(F)cc(C(=O)OC2CCN(c3nnc(-c4ccnn4C)c4ccccc34)CC2)c1.Clc1nnc(Cl)c2ccccc12.Cn1nccc1-c1nnc(N2CCC(O)CC2)c2ccccc12.Cn1nccc1B1OC(C)(C)C(C)(C)O1.OC1CCN(c2nnc(Cl)c3ccccc23)CC1.OC1CCNCC1. The maximum Gasteiger partial charge on any atom is 0.514 e. The van der Waals surface area contributed by atoms with Gasteiger partial charge in [0.15, 0.2) is 32.9 Å². The highest BCUT2D eigenvalue weighted by molar-refractivity contribution is 6.67. The topological polar surface area (TPSA) is 301 Å². The average molecular weight is 1700 g/mol. The number of halogens is 6. The molecule has 0 radical (unpaired) electrons. The summed E-state index contributed by atoms with van der Waals surface area (Å²) in [4.78, 5) is 29.6. The highest BCUT2D eigenvalue weighted by Crippen LogP contribution is 2.38. The zero-order valence-corrected chi connectivity index (χ0v) is 70.6. The molecule has 12 heterocycles. The Morgan fingerprint density at radius 2 is 0.798 bits per heavy atom. The molecule has 622 valence electrons. The second kappa shape index (κ2) is 40.2. The van der Waals surface area contributed by atoms with Gasteiger partial charge in [-0.3, -0.25) is 18.8 Å². The van der Waals surface area contributed by atoms with Crippen molar-refractivity contribution in [2.45, 2.75) is 129 Å². The third-order valence-corrected chi connectivity index (χ3v) is 22.5. The molecule has 13 aromatic rings. The van der Waals surface area contributed by atoms with Crippen molar-refractivity contribution < 1.29 is 47.7 Å². The predicted octanol–water partition coefficient (Wildman–Crippen LogP) is 14.4. The molecule has 0 aliphatic carbocycles. The van der Waals surface area contributed by atoms with Gasteiger partial charge in [-0.05, 0) is 170 Å². The second-order valence-electron chi connectivity index (χ2n) is 30.5. The highest BCUT2D eigenvalue weighted by Gasteiger charge is 2.52. The number of esters is 1. The number of aliphatic hydroxyl groups excluding tert-OH is 3. The standard InChI is InChI=1S/C25H24FN5O2.C17H19N5O.C13H14ClN3O.C10H17BN2O2.C8H4Cl2N2.C8H6ClFO.C5H11NO/c1-16-13-17(15-18(26)14-16)25(32)33-19-8-11-31(12-9-19)24-21-6-4-3-5-20(21)23(28-29-24)22-7-10-27-30(22)2;1-21-15(6-9-18-21)16-13-4-2-3-5-14(13)17(20-19-16)22-10-7-12(23)8-11-22;14-12-10-3-1-2-4-11(10)13(16-15-12)17-7-5-9(18)6-8-17;1-9(2)10(3,4)15-11(14-9)8-6-7-12-13(8)5;9-7-5-3-1-2-4-6(5)8(10)12-11-7;1-5-2-6(8(9)11)4-7(10)3-5;7-5-1-3-6-4-2-5/h3-7,10,13-15,19H,8-9,11-12H2,1-2H3;2-6,9,12,23H,7-8,10-11H2,1H3;1-4,9,18H,5-8H2;6-7H,1-5H3;1-4H;2-4H,1H3;5-7H,1-4H2. The summed E-state index contributed by atoms with van der Waals surface area (Å²) in [5, 5.41) is 86.0. The van der Waals surface area contributed by atoms with Crippen LogP contribution in [0.3, 0.4) is 0 Å². The van der Waals surface area contributed by atoms with E-state index in [1.165, 1.54) is 18.2 Å². The monoisotopic (exact) mass is 1700 g/mol. The minimum atomic E-state index is -0.632. The van der Waals surface area contributed by atoms with Gasteiger partial charge < -0.3 is 49.4 Å². The zero-order chi connectivity index (χ0) is 84.7. The number of hydrogen-bond acceptors (Lipinski definition) is 23. The van der Waals surface area contributed by atoms with E-state index in [1.54, 1.807) is 53.9 Å². The van der Waals surface area contributed by atoms with Crippen LogP contribution in [0.25, 0.3) is 65.9 Å². The fourth-order valence-corrected chi connectivity index (χ4v) is 14.9. The molecule has 0 atom stereocenters. The van der Waals surface area contributed by atoms with Crippen molar-refractivity contribution in [3.05, 3.63) is 220 Å². The van der Waals surface area contributed by atoms with Gasteiger partial charge in [0.25, 0.3) is 5.24 Å². The Balaban J connectivity index is 0.000000134. The van der Waals surface area contributed by atoms with Gasteiger partial charge in [-0.2, -0.15) is 15.3 Å². The van der Waals surface area contributed by atoms with Crippen LogP contribution in [0.1, 0.15) is 111 Å². The van der Waals surface area contributed by atoms with Crippen LogP contribution >= 0.6 is 46.4 Å².